The average Bonchev–Trinajstić information content (AvgIpc) is 2.78. The standard InChI is InChI=1S/C15H19Cl2NO3/c1-5-18-9(2)6-11(10(18)3)12(19)7-21-13(20)14(4)8-15(14,16)17/h6H,5,7-8H2,1-4H3. The van der Waals surface area contributed by atoms with Crippen molar-refractivity contribution >= 4 is 35.0 Å². The number of halogens is 2. The number of ether oxygens (including phenoxy) is 1. The molecule has 0 spiro atoms. The first kappa shape index (κ1) is 16.4. The highest BCUT2D eigenvalue weighted by Gasteiger charge is 2.69. The molecule has 0 radical (unpaired) electrons. The van der Waals surface area contributed by atoms with Crippen LogP contribution in [0.5, 0.6) is 0 Å². The summed E-state index contributed by atoms with van der Waals surface area (Å²) < 4.78 is 6.06. The lowest BCUT2D eigenvalue weighted by Crippen LogP contribution is -2.24. The van der Waals surface area contributed by atoms with Gasteiger partial charge in [-0.1, -0.05) is 0 Å². The maximum atomic E-state index is 12.2. The maximum absolute atomic E-state index is 12.2. The molecule has 1 aliphatic rings. The number of ketones is 1. The number of alkyl halides is 2. The number of nitrogens with zero attached hydrogens (tertiary/aromatic N) is 1. The number of hydrogen-bond donors (Lipinski definition) is 0. The van der Waals surface area contributed by atoms with Crippen LogP contribution in [-0.4, -0.2) is 27.3 Å². The number of aromatic nitrogens is 1. The van der Waals surface area contributed by atoms with Gasteiger partial charge in [-0.3, -0.25) is 9.59 Å². The van der Waals surface area contributed by atoms with Crippen LogP contribution in [0, 0.1) is 19.3 Å². The first-order valence-electron chi connectivity index (χ1n) is 6.89. The van der Waals surface area contributed by atoms with E-state index in [9.17, 15) is 9.59 Å². The lowest BCUT2D eigenvalue weighted by molar-refractivity contribution is -0.148. The van der Waals surface area contributed by atoms with E-state index < -0.39 is 15.7 Å². The molecule has 0 N–H and O–H groups in total. The fraction of sp³-hybridized carbons (Fsp3) is 0.600. The minimum atomic E-state index is -1.08. The Labute approximate surface area is 134 Å². The summed E-state index contributed by atoms with van der Waals surface area (Å²) in [7, 11) is 0. The Morgan fingerprint density at radius 1 is 1.38 bits per heavy atom. The molecule has 1 heterocycles. The largest absolute Gasteiger partial charge is 0.457 e. The lowest BCUT2D eigenvalue weighted by Gasteiger charge is -2.11. The predicted octanol–water partition coefficient (Wildman–Crippen LogP) is 3.43. The Hall–Kier alpha value is -1.000. The summed E-state index contributed by atoms with van der Waals surface area (Å²) in [6, 6.07) is 1.82. The molecule has 0 saturated heterocycles. The van der Waals surface area contributed by atoms with Crippen LogP contribution in [0.2, 0.25) is 0 Å². The zero-order chi connectivity index (χ0) is 16.0. The molecule has 21 heavy (non-hydrogen) atoms. The second kappa shape index (κ2) is 5.33. The second-order valence-corrected chi connectivity index (χ2v) is 7.23. The average molecular weight is 332 g/mol. The minimum Gasteiger partial charge on any atom is -0.457 e. The molecule has 1 atom stereocenters. The summed E-state index contributed by atoms with van der Waals surface area (Å²) in [4.78, 5) is 24.1. The van der Waals surface area contributed by atoms with Crippen molar-refractivity contribution in [2.45, 2.75) is 45.0 Å². The first-order chi connectivity index (χ1) is 9.64. The van der Waals surface area contributed by atoms with Gasteiger partial charge in [0, 0.05) is 29.9 Å². The van der Waals surface area contributed by atoms with E-state index in [1.54, 1.807) is 6.92 Å². The number of esters is 1. The van der Waals surface area contributed by atoms with Crippen LogP contribution in [0.15, 0.2) is 6.07 Å². The quantitative estimate of drug-likeness (QED) is 0.471. The highest BCUT2D eigenvalue weighted by atomic mass is 35.5. The molecule has 116 valence electrons. The molecule has 0 amide bonds. The monoisotopic (exact) mass is 331 g/mol. The molecule has 1 aromatic heterocycles. The molecule has 2 rings (SSSR count). The SMILES string of the molecule is CCn1c(C)cc(C(=O)COC(=O)C2(C)CC2(Cl)Cl)c1C. The van der Waals surface area contributed by atoms with E-state index in [0.717, 1.165) is 17.9 Å². The Morgan fingerprint density at radius 3 is 2.38 bits per heavy atom. The molecule has 4 nitrogen and oxygen atoms in total. The van der Waals surface area contributed by atoms with Gasteiger partial charge in [0.05, 0.1) is 0 Å². The van der Waals surface area contributed by atoms with Crippen molar-refractivity contribution in [3.05, 3.63) is 23.0 Å². The zero-order valence-corrected chi connectivity index (χ0v) is 14.1. The smallest absolute Gasteiger partial charge is 0.315 e. The predicted molar refractivity (Wildman–Crippen MR) is 82.0 cm³/mol. The summed E-state index contributed by atoms with van der Waals surface area (Å²) in [6.07, 6.45) is 0.348. The van der Waals surface area contributed by atoms with Crippen molar-refractivity contribution in [3.8, 4) is 0 Å². The van der Waals surface area contributed by atoms with Crippen LogP contribution >= 0.6 is 23.2 Å². The molecular weight excluding hydrogens is 313 g/mol. The van der Waals surface area contributed by atoms with E-state index in [0.29, 0.717) is 12.0 Å². The van der Waals surface area contributed by atoms with E-state index in [2.05, 4.69) is 0 Å². The van der Waals surface area contributed by atoms with Crippen LogP contribution in [0.25, 0.3) is 0 Å². The van der Waals surface area contributed by atoms with Gasteiger partial charge in [-0.2, -0.15) is 0 Å². The van der Waals surface area contributed by atoms with Gasteiger partial charge in [0.25, 0.3) is 0 Å². The van der Waals surface area contributed by atoms with Crippen LogP contribution < -0.4 is 0 Å². The normalized spacial score (nSPS) is 23.0. The number of aryl methyl sites for hydroxylation is 1. The molecule has 6 heteroatoms. The van der Waals surface area contributed by atoms with Gasteiger partial charge in [0.2, 0.25) is 5.78 Å². The van der Waals surface area contributed by atoms with E-state index in [-0.39, 0.29) is 12.4 Å². The van der Waals surface area contributed by atoms with Crippen LogP contribution in [0.1, 0.15) is 42.0 Å². The third-order valence-corrected chi connectivity index (χ3v) is 5.33. The van der Waals surface area contributed by atoms with Crippen LogP contribution in [-0.2, 0) is 16.1 Å². The van der Waals surface area contributed by atoms with Gasteiger partial charge in [0.1, 0.15) is 9.75 Å². The van der Waals surface area contributed by atoms with Gasteiger partial charge in [-0.25, -0.2) is 0 Å². The molecule has 1 aromatic rings. The van der Waals surface area contributed by atoms with Gasteiger partial charge >= 0.3 is 5.97 Å². The molecule has 0 aromatic carbocycles. The van der Waals surface area contributed by atoms with Crippen molar-refractivity contribution in [2.75, 3.05) is 6.61 Å². The van der Waals surface area contributed by atoms with E-state index >= 15 is 0 Å². The highest BCUT2D eigenvalue weighted by molar-refractivity contribution is 6.53. The summed E-state index contributed by atoms with van der Waals surface area (Å²) in [5, 5.41) is 0. The first-order valence-corrected chi connectivity index (χ1v) is 7.64. The van der Waals surface area contributed by atoms with Crippen molar-refractivity contribution in [2.24, 2.45) is 5.41 Å². The molecular formula is C15H19Cl2NO3. The van der Waals surface area contributed by atoms with E-state index in [1.807, 2.05) is 31.4 Å². The van der Waals surface area contributed by atoms with Gasteiger partial charge in [-0.05, 0) is 33.8 Å². The third kappa shape index (κ3) is 2.71. The Morgan fingerprint density at radius 2 is 1.95 bits per heavy atom. The second-order valence-electron chi connectivity index (χ2n) is 5.74. The van der Waals surface area contributed by atoms with Gasteiger partial charge in [0.15, 0.2) is 6.61 Å². The number of hydrogen-bond acceptors (Lipinski definition) is 3. The molecule has 1 aliphatic carbocycles. The molecule has 1 unspecified atom stereocenters. The summed E-state index contributed by atoms with van der Waals surface area (Å²) >= 11 is 11.8. The van der Waals surface area contributed by atoms with Crippen molar-refractivity contribution in [3.63, 3.8) is 0 Å². The fourth-order valence-corrected chi connectivity index (χ4v) is 3.25. The van der Waals surface area contributed by atoms with Gasteiger partial charge < -0.3 is 9.30 Å². The summed E-state index contributed by atoms with van der Waals surface area (Å²) in [5.74, 6) is -0.736. The Bertz CT molecular complexity index is 606. The van der Waals surface area contributed by atoms with Crippen LogP contribution in [0.4, 0.5) is 0 Å². The zero-order valence-electron chi connectivity index (χ0n) is 12.6. The summed E-state index contributed by atoms with van der Waals surface area (Å²) in [6.45, 7) is 8.00. The topological polar surface area (TPSA) is 48.3 Å². The maximum Gasteiger partial charge on any atom is 0.315 e. The molecule has 0 bridgehead atoms. The van der Waals surface area contributed by atoms with Crippen molar-refractivity contribution in [1.82, 2.24) is 4.57 Å². The lowest BCUT2D eigenvalue weighted by atomic mass is 10.1. The van der Waals surface area contributed by atoms with E-state index in [1.165, 1.54) is 0 Å². The molecule has 1 saturated carbocycles. The van der Waals surface area contributed by atoms with Gasteiger partial charge in [-0.15, -0.1) is 23.2 Å². The number of rotatable bonds is 5. The Balaban J connectivity index is 2.02. The fourth-order valence-electron chi connectivity index (χ4n) is 2.56. The minimum absolute atomic E-state index is 0.213. The van der Waals surface area contributed by atoms with Crippen LogP contribution in [0.3, 0.4) is 0 Å². The number of carbonyl (C=O) groups excluding carboxylic acids is 2. The highest BCUT2D eigenvalue weighted by Crippen LogP contribution is 2.64. The van der Waals surface area contributed by atoms with Crippen molar-refractivity contribution in [1.29, 1.82) is 0 Å². The molecule has 1 fully saturated rings. The van der Waals surface area contributed by atoms with Crippen molar-refractivity contribution < 1.29 is 14.3 Å². The van der Waals surface area contributed by atoms with E-state index in [4.69, 9.17) is 27.9 Å². The number of carbonyl (C=O) groups is 2. The molecule has 0 aliphatic heterocycles. The number of Topliss-reactive ketones (excluding diaryl/α,β-unsaturated/α-hetero) is 1. The summed E-state index contributed by atoms with van der Waals surface area (Å²) in [5.41, 5.74) is 1.58. The third-order valence-electron chi connectivity index (χ3n) is 4.23. The Kier molecular flexibility index (Phi) is 4.15.